The quantitative estimate of drug-likeness (QED) is 0.511. The van der Waals surface area contributed by atoms with Gasteiger partial charge in [0, 0.05) is 11.2 Å². The fourth-order valence-electron chi connectivity index (χ4n) is 2.35. The van der Waals surface area contributed by atoms with Gasteiger partial charge in [0.1, 0.15) is 0 Å². The summed E-state index contributed by atoms with van der Waals surface area (Å²) >= 11 is 11.0. The van der Waals surface area contributed by atoms with E-state index in [1.807, 2.05) is 19.1 Å². The minimum absolute atomic E-state index is 0.0648. The van der Waals surface area contributed by atoms with Gasteiger partial charge in [-0.15, -0.1) is 0 Å². The molecular weight excluding hydrogens is 358 g/mol. The molecule has 1 N–H and O–H groups in total. The van der Waals surface area contributed by atoms with Crippen molar-refractivity contribution in [1.82, 2.24) is 5.32 Å². The maximum absolute atomic E-state index is 12.8. The Labute approximate surface area is 155 Å². The molecule has 0 spiro atoms. The van der Waals surface area contributed by atoms with Crippen LogP contribution in [-0.4, -0.2) is 23.1 Å². The second-order valence-corrected chi connectivity index (χ2v) is 6.36. The van der Waals surface area contributed by atoms with Gasteiger partial charge in [-0.1, -0.05) is 29.3 Å². The van der Waals surface area contributed by atoms with Crippen molar-refractivity contribution in [3.05, 3.63) is 59.1 Å². The first-order valence-corrected chi connectivity index (χ1v) is 8.29. The molecule has 0 saturated carbocycles. The molecule has 2 aromatic rings. The summed E-state index contributed by atoms with van der Waals surface area (Å²) < 4.78 is 0. The van der Waals surface area contributed by atoms with Crippen molar-refractivity contribution in [2.45, 2.75) is 6.92 Å². The standard InChI is InChI=1S/C18H14ClN3O2S/c1-11-2-8-14(9-3-11)22-17(24)15(16(23)21-18(22)25)10-20-13-6-4-12(19)5-7-13/h2-10,15H,1H3,(H,21,23,25)/t15-/m0/s1. The van der Waals surface area contributed by atoms with Crippen LogP contribution in [0.15, 0.2) is 53.5 Å². The number of nitrogens with one attached hydrogen (secondary N) is 1. The Morgan fingerprint density at radius 3 is 2.40 bits per heavy atom. The zero-order valence-electron chi connectivity index (χ0n) is 13.3. The highest BCUT2D eigenvalue weighted by molar-refractivity contribution is 7.80. The van der Waals surface area contributed by atoms with E-state index >= 15 is 0 Å². The van der Waals surface area contributed by atoms with E-state index in [9.17, 15) is 9.59 Å². The zero-order chi connectivity index (χ0) is 18.0. The lowest BCUT2D eigenvalue weighted by atomic mass is 10.1. The second kappa shape index (κ2) is 7.13. The Bertz CT molecular complexity index is 863. The number of amides is 2. The van der Waals surface area contributed by atoms with Gasteiger partial charge in [0.15, 0.2) is 11.0 Å². The van der Waals surface area contributed by atoms with E-state index in [1.54, 1.807) is 36.4 Å². The van der Waals surface area contributed by atoms with Gasteiger partial charge in [0.25, 0.3) is 5.91 Å². The maximum Gasteiger partial charge on any atom is 0.251 e. The van der Waals surface area contributed by atoms with E-state index < -0.39 is 17.7 Å². The Kier molecular flexibility index (Phi) is 4.92. The maximum atomic E-state index is 12.8. The molecule has 0 aromatic heterocycles. The fourth-order valence-corrected chi connectivity index (χ4v) is 2.77. The number of benzene rings is 2. The molecule has 1 saturated heterocycles. The van der Waals surface area contributed by atoms with Crippen LogP contribution in [0.25, 0.3) is 0 Å². The monoisotopic (exact) mass is 371 g/mol. The molecular formula is C18H14ClN3O2S. The lowest BCUT2D eigenvalue weighted by Gasteiger charge is -2.30. The van der Waals surface area contributed by atoms with Gasteiger partial charge in [-0.3, -0.25) is 19.5 Å². The number of aryl methyl sites for hydroxylation is 1. The molecule has 1 aliphatic heterocycles. The number of carbonyl (C=O) groups excluding carboxylic acids is 2. The Morgan fingerprint density at radius 2 is 1.76 bits per heavy atom. The van der Waals surface area contributed by atoms with Crippen LogP contribution in [0, 0.1) is 12.8 Å². The van der Waals surface area contributed by atoms with Gasteiger partial charge >= 0.3 is 0 Å². The van der Waals surface area contributed by atoms with Gasteiger partial charge in [-0.05, 0) is 55.5 Å². The Morgan fingerprint density at radius 1 is 1.12 bits per heavy atom. The van der Waals surface area contributed by atoms with E-state index in [0.29, 0.717) is 16.4 Å². The van der Waals surface area contributed by atoms with Crippen molar-refractivity contribution in [3.63, 3.8) is 0 Å². The molecule has 0 radical (unpaired) electrons. The number of rotatable bonds is 3. The molecule has 1 atom stereocenters. The van der Waals surface area contributed by atoms with Crippen molar-refractivity contribution in [1.29, 1.82) is 0 Å². The van der Waals surface area contributed by atoms with Crippen molar-refractivity contribution in [3.8, 4) is 0 Å². The molecule has 1 aliphatic rings. The number of carbonyl (C=O) groups is 2. The molecule has 2 amide bonds. The summed E-state index contributed by atoms with van der Waals surface area (Å²) in [4.78, 5) is 30.5. The summed E-state index contributed by atoms with van der Waals surface area (Å²) in [6, 6.07) is 14.1. The molecule has 25 heavy (non-hydrogen) atoms. The largest absolute Gasteiger partial charge is 0.301 e. The van der Waals surface area contributed by atoms with Crippen molar-refractivity contribution < 1.29 is 9.59 Å². The number of halogens is 1. The van der Waals surface area contributed by atoms with Crippen LogP contribution in [0.3, 0.4) is 0 Å². The van der Waals surface area contributed by atoms with E-state index in [2.05, 4.69) is 10.3 Å². The summed E-state index contributed by atoms with van der Waals surface area (Å²) in [5, 5.41) is 3.20. The lowest BCUT2D eigenvalue weighted by molar-refractivity contribution is -0.130. The SMILES string of the molecule is Cc1ccc(N2C(=O)[C@@H](C=Nc3ccc(Cl)cc3)C(=O)NC2=S)cc1. The van der Waals surface area contributed by atoms with Gasteiger partial charge in [0.2, 0.25) is 5.91 Å². The second-order valence-electron chi connectivity index (χ2n) is 5.54. The van der Waals surface area contributed by atoms with Crippen molar-refractivity contribution in [2.24, 2.45) is 10.9 Å². The number of anilines is 1. The average molecular weight is 372 g/mol. The molecule has 0 unspecified atom stereocenters. The van der Waals surface area contributed by atoms with Gasteiger partial charge in [-0.2, -0.15) is 0 Å². The van der Waals surface area contributed by atoms with E-state index in [0.717, 1.165) is 5.56 Å². The topological polar surface area (TPSA) is 61.8 Å². The highest BCUT2D eigenvalue weighted by atomic mass is 35.5. The van der Waals surface area contributed by atoms with E-state index in [4.69, 9.17) is 23.8 Å². The van der Waals surface area contributed by atoms with Crippen LogP contribution in [0.2, 0.25) is 5.02 Å². The van der Waals surface area contributed by atoms with Crippen LogP contribution in [0.5, 0.6) is 0 Å². The summed E-state index contributed by atoms with van der Waals surface area (Å²) in [5.41, 5.74) is 2.26. The van der Waals surface area contributed by atoms with Crippen LogP contribution < -0.4 is 10.2 Å². The minimum atomic E-state index is -1.05. The molecule has 126 valence electrons. The summed E-state index contributed by atoms with van der Waals surface area (Å²) in [6.07, 6.45) is 1.32. The summed E-state index contributed by atoms with van der Waals surface area (Å²) in [7, 11) is 0. The predicted molar refractivity (Wildman–Crippen MR) is 102 cm³/mol. The lowest BCUT2D eigenvalue weighted by Crippen LogP contribution is -2.58. The van der Waals surface area contributed by atoms with E-state index in [-0.39, 0.29) is 5.11 Å². The third-order valence-corrected chi connectivity index (χ3v) is 4.23. The third kappa shape index (κ3) is 3.75. The first-order chi connectivity index (χ1) is 12.0. The average Bonchev–Trinajstić information content (AvgIpc) is 2.57. The normalized spacial score (nSPS) is 17.9. The number of nitrogens with zero attached hydrogens (tertiary/aromatic N) is 2. The molecule has 3 rings (SSSR count). The molecule has 0 bridgehead atoms. The number of hydrogen-bond donors (Lipinski definition) is 1. The highest BCUT2D eigenvalue weighted by Crippen LogP contribution is 2.22. The number of aliphatic imine (C=N–C) groups is 1. The third-order valence-electron chi connectivity index (χ3n) is 3.69. The molecule has 1 heterocycles. The van der Waals surface area contributed by atoms with Crippen molar-refractivity contribution in [2.75, 3.05) is 4.90 Å². The van der Waals surface area contributed by atoms with Crippen LogP contribution in [0.1, 0.15) is 5.56 Å². The van der Waals surface area contributed by atoms with Crippen LogP contribution in [0.4, 0.5) is 11.4 Å². The molecule has 0 aliphatic carbocycles. The van der Waals surface area contributed by atoms with Gasteiger partial charge < -0.3 is 5.32 Å². The molecule has 5 nitrogen and oxygen atoms in total. The molecule has 7 heteroatoms. The summed E-state index contributed by atoms with van der Waals surface area (Å²) in [6.45, 7) is 1.95. The van der Waals surface area contributed by atoms with Crippen molar-refractivity contribution >= 4 is 58.3 Å². The zero-order valence-corrected chi connectivity index (χ0v) is 14.8. The van der Waals surface area contributed by atoms with E-state index in [1.165, 1.54) is 11.1 Å². The number of hydrogen-bond acceptors (Lipinski definition) is 4. The smallest absolute Gasteiger partial charge is 0.251 e. The molecule has 1 fully saturated rings. The fraction of sp³-hybridized carbons (Fsp3) is 0.111. The van der Waals surface area contributed by atoms with Crippen LogP contribution >= 0.6 is 23.8 Å². The van der Waals surface area contributed by atoms with Gasteiger partial charge in [-0.25, -0.2) is 0 Å². The Hall–Kier alpha value is -2.57. The minimum Gasteiger partial charge on any atom is -0.301 e. The highest BCUT2D eigenvalue weighted by Gasteiger charge is 2.38. The first-order valence-electron chi connectivity index (χ1n) is 7.51. The predicted octanol–water partition coefficient (Wildman–Crippen LogP) is 3.41. The van der Waals surface area contributed by atoms with Crippen LogP contribution in [-0.2, 0) is 9.59 Å². The molecule has 2 aromatic carbocycles. The Balaban J connectivity index is 1.87. The summed E-state index contributed by atoms with van der Waals surface area (Å²) in [5.74, 6) is -1.98. The number of thiocarbonyl (C=S) groups is 1. The first kappa shape index (κ1) is 17.3. The van der Waals surface area contributed by atoms with Gasteiger partial charge in [0.05, 0.1) is 11.4 Å².